The van der Waals surface area contributed by atoms with Crippen molar-refractivity contribution in [1.82, 2.24) is 5.32 Å². The van der Waals surface area contributed by atoms with Crippen LogP contribution in [0.5, 0.6) is 0 Å². The lowest BCUT2D eigenvalue weighted by molar-refractivity contribution is -0.302. The minimum atomic E-state index is -1.58. The van der Waals surface area contributed by atoms with Crippen molar-refractivity contribution in [2.75, 3.05) is 13.2 Å². The summed E-state index contributed by atoms with van der Waals surface area (Å²) in [5, 5.41) is 54.8. The van der Waals surface area contributed by atoms with Crippen LogP contribution in [0.4, 0.5) is 0 Å². The fourth-order valence-corrected chi connectivity index (χ4v) is 10.6. The van der Waals surface area contributed by atoms with Gasteiger partial charge in [-0.3, -0.25) is 4.79 Å². The molecule has 1 amide bonds. The van der Waals surface area contributed by atoms with Crippen LogP contribution in [0, 0.1) is 0 Å². The van der Waals surface area contributed by atoms with Gasteiger partial charge >= 0.3 is 0 Å². The predicted octanol–water partition coefficient (Wildman–Crippen LogP) is 18.7. The van der Waals surface area contributed by atoms with Gasteiger partial charge in [-0.15, -0.1) is 0 Å². The number of unbranched alkanes of at least 4 members (excludes halogenated alkanes) is 35. The van der Waals surface area contributed by atoms with Crippen molar-refractivity contribution in [3.05, 3.63) is 97.2 Å². The van der Waals surface area contributed by atoms with Gasteiger partial charge in [0, 0.05) is 6.42 Å². The molecule has 0 radical (unpaired) electrons. The third-order valence-corrected chi connectivity index (χ3v) is 15.9. The average Bonchev–Trinajstić information content (AvgIpc) is 3.57. The minimum absolute atomic E-state index is 0.189. The molecular formula is C73H129NO8. The molecule has 9 heteroatoms. The van der Waals surface area contributed by atoms with Crippen LogP contribution in [0.3, 0.4) is 0 Å². The van der Waals surface area contributed by atoms with Crippen LogP contribution in [0.1, 0.15) is 303 Å². The molecule has 1 fully saturated rings. The second kappa shape index (κ2) is 61.2. The summed E-state index contributed by atoms with van der Waals surface area (Å²) in [7, 11) is 0. The fraction of sp³-hybridized carbons (Fsp3) is 0.767. The van der Waals surface area contributed by atoms with E-state index in [1.165, 1.54) is 186 Å². The van der Waals surface area contributed by atoms with Crippen molar-refractivity contribution in [2.45, 2.75) is 346 Å². The van der Waals surface area contributed by atoms with Crippen LogP contribution in [0.15, 0.2) is 97.2 Å². The molecule has 7 atom stereocenters. The largest absolute Gasteiger partial charge is 0.394 e. The van der Waals surface area contributed by atoms with E-state index < -0.39 is 49.5 Å². The number of ether oxygens (including phenoxy) is 2. The highest BCUT2D eigenvalue weighted by Gasteiger charge is 2.44. The molecule has 1 heterocycles. The quantitative estimate of drug-likeness (QED) is 0.0261. The zero-order valence-electron chi connectivity index (χ0n) is 53.0. The molecule has 82 heavy (non-hydrogen) atoms. The van der Waals surface area contributed by atoms with E-state index in [9.17, 15) is 30.3 Å². The molecule has 0 saturated carbocycles. The second-order valence-corrected chi connectivity index (χ2v) is 23.6. The molecule has 6 N–H and O–H groups in total. The summed E-state index contributed by atoms with van der Waals surface area (Å²) in [4.78, 5) is 13.1. The van der Waals surface area contributed by atoms with E-state index in [2.05, 4.69) is 104 Å². The first-order chi connectivity index (χ1) is 40.3. The van der Waals surface area contributed by atoms with Crippen molar-refractivity contribution in [2.24, 2.45) is 0 Å². The number of aliphatic hydroxyl groups is 5. The number of aliphatic hydroxyl groups excluding tert-OH is 5. The lowest BCUT2D eigenvalue weighted by Crippen LogP contribution is -2.60. The number of allylic oxidation sites excluding steroid dienone is 15. The molecule has 1 saturated heterocycles. The highest BCUT2D eigenvalue weighted by atomic mass is 16.7. The summed E-state index contributed by atoms with van der Waals surface area (Å²) in [5.74, 6) is -0.189. The van der Waals surface area contributed by atoms with E-state index in [1.807, 2.05) is 6.08 Å². The smallest absolute Gasteiger partial charge is 0.220 e. The van der Waals surface area contributed by atoms with E-state index in [0.29, 0.717) is 6.42 Å². The molecular weight excluding hydrogens is 1020 g/mol. The van der Waals surface area contributed by atoms with Crippen molar-refractivity contribution in [3.8, 4) is 0 Å². The molecule has 0 aromatic carbocycles. The first-order valence-corrected chi connectivity index (χ1v) is 34.5. The maximum Gasteiger partial charge on any atom is 0.220 e. The fourth-order valence-electron chi connectivity index (χ4n) is 10.6. The molecule has 0 bridgehead atoms. The van der Waals surface area contributed by atoms with Gasteiger partial charge in [0.05, 0.1) is 25.4 Å². The van der Waals surface area contributed by atoms with E-state index in [0.717, 1.165) is 96.3 Å². The molecule has 1 aliphatic heterocycles. The Bertz CT molecular complexity index is 1620. The Labute approximate surface area is 504 Å². The van der Waals surface area contributed by atoms with Crippen molar-refractivity contribution >= 4 is 5.91 Å². The standard InChI is InChI=1S/C73H129NO8/c1-3-5-7-9-11-13-15-17-19-21-23-25-27-29-31-33-35-36-38-40-42-44-46-48-50-52-54-56-58-60-62-67(76)66(65-81-73-72(80)71(79)70(78)68(64-75)82-73)74-69(77)63-61-59-57-55-53-51-49-47-45-43-41-39-37-34-32-30-28-26-24-22-20-18-16-14-12-10-8-6-4-2/h6,8,12,14,18,20,24,26,30,32,37,39,43,45,60,62,66-68,70-73,75-76,78-80H,3-5,7,9-11,13,15-17,19,21-23,25,27-29,31,33-36,38,40-42,44,46-59,61,63-65H2,1-2H3,(H,74,77)/b8-6-,14-12-,20-18-,26-24-,32-30-,39-37-,45-43-,62-60+. The molecule has 9 nitrogen and oxygen atoms in total. The minimum Gasteiger partial charge on any atom is -0.394 e. The first-order valence-electron chi connectivity index (χ1n) is 34.5. The highest BCUT2D eigenvalue weighted by Crippen LogP contribution is 2.23. The van der Waals surface area contributed by atoms with Crippen molar-refractivity contribution in [3.63, 3.8) is 0 Å². The van der Waals surface area contributed by atoms with Crippen LogP contribution in [0.2, 0.25) is 0 Å². The maximum atomic E-state index is 13.1. The van der Waals surface area contributed by atoms with Crippen LogP contribution in [0.25, 0.3) is 0 Å². The molecule has 474 valence electrons. The van der Waals surface area contributed by atoms with Gasteiger partial charge in [0.2, 0.25) is 5.91 Å². The zero-order valence-corrected chi connectivity index (χ0v) is 53.0. The number of amides is 1. The zero-order chi connectivity index (χ0) is 59.3. The van der Waals surface area contributed by atoms with Gasteiger partial charge in [-0.05, 0) is 77.0 Å². The topological polar surface area (TPSA) is 149 Å². The lowest BCUT2D eigenvalue weighted by atomic mass is 9.99. The Morgan fingerprint density at radius 1 is 0.427 bits per heavy atom. The normalized spacial score (nSPS) is 18.9. The monoisotopic (exact) mass is 1150 g/mol. The number of carbonyl (C=O) groups excluding carboxylic acids is 1. The lowest BCUT2D eigenvalue weighted by Gasteiger charge is -2.40. The molecule has 0 aromatic rings. The van der Waals surface area contributed by atoms with E-state index in [-0.39, 0.29) is 12.5 Å². The molecule has 0 aliphatic carbocycles. The first kappa shape index (κ1) is 77.1. The molecule has 0 spiro atoms. The molecule has 0 aromatic heterocycles. The number of nitrogens with one attached hydrogen (secondary N) is 1. The number of carbonyl (C=O) groups is 1. The predicted molar refractivity (Wildman–Crippen MR) is 350 cm³/mol. The Hall–Kier alpha value is -2.89. The van der Waals surface area contributed by atoms with Gasteiger partial charge in [0.25, 0.3) is 0 Å². The van der Waals surface area contributed by atoms with Gasteiger partial charge in [-0.1, -0.05) is 317 Å². The summed E-state index contributed by atoms with van der Waals surface area (Å²) in [6.07, 6.45) is 82.1. The summed E-state index contributed by atoms with van der Waals surface area (Å²) >= 11 is 0. The number of hydrogen-bond acceptors (Lipinski definition) is 8. The third kappa shape index (κ3) is 49.4. The second-order valence-electron chi connectivity index (χ2n) is 23.6. The Morgan fingerprint density at radius 2 is 0.756 bits per heavy atom. The third-order valence-electron chi connectivity index (χ3n) is 15.9. The van der Waals surface area contributed by atoms with Gasteiger partial charge in [0.1, 0.15) is 24.4 Å². The summed E-state index contributed by atoms with van der Waals surface area (Å²) in [6, 6.07) is -0.820. The number of hydrogen-bond donors (Lipinski definition) is 6. The SMILES string of the molecule is CC/C=C\C/C=C\C/C=C\C/C=C\C/C=C\C/C=C\C/C=C\CCCCCCCCCC(=O)NC(COC1OC(CO)C(O)C(O)C1O)C(O)/C=C/CCCCCCCCCCCCCCCCCCCCCCCCCCCCCC. The van der Waals surface area contributed by atoms with Crippen LogP contribution in [-0.2, 0) is 14.3 Å². The van der Waals surface area contributed by atoms with Gasteiger partial charge in [-0.2, -0.15) is 0 Å². The summed E-state index contributed by atoms with van der Waals surface area (Å²) in [5.41, 5.74) is 0. The van der Waals surface area contributed by atoms with Crippen LogP contribution < -0.4 is 5.32 Å². The maximum absolute atomic E-state index is 13.1. The number of rotatable bonds is 59. The van der Waals surface area contributed by atoms with E-state index in [4.69, 9.17) is 9.47 Å². The van der Waals surface area contributed by atoms with Crippen molar-refractivity contribution < 1.29 is 39.8 Å². The summed E-state index contributed by atoms with van der Waals surface area (Å²) in [6.45, 7) is 3.69. The van der Waals surface area contributed by atoms with E-state index in [1.54, 1.807) is 6.08 Å². The Balaban J connectivity index is 2.18. The van der Waals surface area contributed by atoms with Crippen LogP contribution >= 0.6 is 0 Å². The van der Waals surface area contributed by atoms with Crippen molar-refractivity contribution in [1.29, 1.82) is 0 Å². The summed E-state index contributed by atoms with van der Waals surface area (Å²) < 4.78 is 11.3. The highest BCUT2D eigenvalue weighted by molar-refractivity contribution is 5.76. The molecule has 1 rings (SSSR count). The van der Waals surface area contributed by atoms with Gasteiger partial charge < -0.3 is 40.3 Å². The molecule has 7 unspecified atom stereocenters. The van der Waals surface area contributed by atoms with Crippen LogP contribution in [-0.4, -0.2) is 87.5 Å². The van der Waals surface area contributed by atoms with E-state index >= 15 is 0 Å². The Kier molecular flexibility index (Phi) is 57.6. The molecule has 1 aliphatic rings. The van der Waals surface area contributed by atoms with Gasteiger partial charge in [-0.25, -0.2) is 0 Å². The van der Waals surface area contributed by atoms with Gasteiger partial charge in [0.15, 0.2) is 6.29 Å². The Morgan fingerprint density at radius 3 is 1.12 bits per heavy atom. The average molecular weight is 1150 g/mol.